The van der Waals surface area contributed by atoms with Crippen LogP contribution in [0.3, 0.4) is 0 Å². The Morgan fingerprint density at radius 2 is 1.72 bits per heavy atom. The van der Waals surface area contributed by atoms with Crippen LogP contribution >= 0.6 is 31.9 Å². The number of nitrogens with one attached hydrogen (secondary N) is 1. The Balaban J connectivity index is 2.53. The number of nitrogens with zero attached hydrogens (tertiary/aromatic N) is 1. The molecule has 18 heavy (non-hydrogen) atoms. The fourth-order valence-electron chi connectivity index (χ4n) is 1.94. The maximum atomic E-state index is 12.3. The van der Waals surface area contributed by atoms with Crippen molar-refractivity contribution in [3.8, 4) is 0 Å². The summed E-state index contributed by atoms with van der Waals surface area (Å²) < 4.78 is 1.55. The number of rotatable bonds is 1. The number of para-hydroxylation sites is 1. The molecule has 0 radical (unpaired) electrons. The zero-order valence-corrected chi connectivity index (χ0v) is 13.1. The summed E-state index contributed by atoms with van der Waals surface area (Å²) >= 11 is 6.84. The molecule has 6 heteroatoms. The van der Waals surface area contributed by atoms with Crippen LogP contribution in [0.4, 0.5) is 5.69 Å². The molecule has 4 nitrogen and oxygen atoms in total. The lowest BCUT2D eigenvalue weighted by molar-refractivity contribution is -0.133. The van der Waals surface area contributed by atoms with Crippen LogP contribution in [-0.4, -0.2) is 23.9 Å². The van der Waals surface area contributed by atoms with Gasteiger partial charge in [-0.15, -0.1) is 0 Å². The Labute approximate surface area is 122 Å². The molecule has 0 bridgehead atoms. The van der Waals surface area contributed by atoms with Crippen molar-refractivity contribution in [3.05, 3.63) is 27.1 Å². The molecule has 1 N–H and O–H groups in total. The number of hydrogen-bond donors (Lipinski definition) is 1. The highest BCUT2D eigenvalue weighted by atomic mass is 79.9. The van der Waals surface area contributed by atoms with E-state index in [-0.39, 0.29) is 11.8 Å². The van der Waals surface area contributed by atoms with Crippen molar-refractivity contribution in [2.75, 3.05) is 4.90 Å². The number of halogens is 2. The van der Waals surface area contributed by atoms with E-state index in [4.69, 9.17) is 0 Å². The summed E-state index contributed by atoms with van der Waals surface area (Å²) in [6.07, 6.45) is 0. The number of anilines is 1. The van der Waals surface area contributed by atoms with Gasteiger partial charge >= 0.3 is 0 Å². The number of benzene rings is 1. The summed E-state index contributed by atoms with van der Waals surface area (Å²) in [5, 5.41) is 2.66. The van der Waals surface area contributed by atoms with Crippen LogP contribution < -0.4 is 10.2 Å². The standard InChI is InChI=1S/C12H12Br2N2O2/c1-6-12(18)16(7(2)11(17)15-6)10-8(13)4-3-5-9(10)14/h3-7H,1-2H3,(H,15,17). The van der Waals surface area contributed by atoms with Gasteiger partial charge in [-0.3, -0.25) is 14.5 Å². The predicted molar refractivity (Wildman–Crippen MR) is 76.4 cm³/mol. The molecule has 1 aliphatic heterocycles. The molecule has 1 aromatic rings. The monoisotopic (exact) mass is 374 g/mol. The molecule has 1 aliphatic rings. The molecule has 0 aromatic heterocycles. The second-order valence-electron chi connectivity index (χ2n) is 4.18. The highest BCUT2D eigenvalue weighted by Gasteiger charge is 2.38. The van der Waals surface area contributed by atoms with Gasteiger partial charge in [0.1, 0.15) is 12.1 Å². The summed E-state index contributed by atoms with van der Waals surface area (Å²) in [6, 6.07) is 4.52. The molecular formula is C12H12Br2N2O2. The zero-order chi connectivity index (χ0) is 13.4. The Morgan fingerprint density at radius 1 is 1.17 bits per heavy atom. The van der Waals surface area contributed by atoms with E-state index in [9.17, 15) is 9.59 Å². The third-order valence-corrected chi connectivity index (χ3v) is 4.19. The van der Waals surface area contributed by atoms with Gasteiger partial charge in [-0.1, -0.05) is 6.07 Å². The van der Waals surface area contributed by atoms with Gasteiger partial charge in [-0.05, 0) is 57.8 Å². The van der Waals surface area contributed by atoms with Crippen LogP contribution in [-0.2, 0) is 9.59 Å². The van der Waals surface area contributed by atoms with Crippen molar-refractivity contribution in [1.82, 2.24) is 5.32 Å². The number of amides is 2. The van der Waals surface area contributed by atoms with Gasteiger partial charge in [0, 0.05) is 8.95 Å². The van der Waals surface area contributed by atoms with E-state index in [0.717, 1.165) is 8.95 Å². The molecule has 2 amide bonds. The fraction of sp³-hybridized carbons (Fsp3) is 0.333. The van der Waals surface area contributed by atoms with Crippen molar-refractivity contribution in [1.29, 1.82) is 0 Å². The Morgan fingerprint density at radius 3 is 2.28 bits per heavy atom. The van der Waals surface area contributed by atoms with E-state index in [0.29, 0.717) is 5.69 Å². The van der Waals surface area contributed by atoms with Crippen LogP contribution in [0.5, 0.6) is 0 Å². The average Bonchev–Trinajstić information content (AvgIpc) is 2.30. The van der Waals surface area contributed by atoms with Crippen molar-refractivity contribution < 1.29 is 9.59 Å². The number of carbonyl (C=O) groups is 2. The first kappa shape index (κ1) is 13.5. The van der Waals surface area contributed by atoms with E-state index >= 15 is 0 Å². The lowest BCUT2D eigenvalue weighted by atomic mass is 10.1. The van der Waals surface area contributed by atoms with Gasteiger partial charge in [-0.25, -0.2) is 0 Å². The molecule has 2 unspecified atom stereocenters. The molecule has 96 valence electrons. The van der Waals surface area contributed by atoms with E-state index < -0.39 is 12.1 Å². The highest BCUT2D eigenvalue weighted by Crippen LogP contribution is 2.36. The molecule has 0 saturated carbocycles. The summed E-state index contributed by atoms with van der Waals surface area (Å²) in [5.74, 6) is -0.264. The van der Waals surface area contributed by atoms with Crippen molar-refractivity contribution in [3.63, 3.8) is 0 Å². The minimum atomic E-state index is -0.524. The minimum absolute atomic E-state index is 0.116. The van der Waals surface area contributed by atoms with E-state index in [2.05, 4.69) is 37.2 Å². The minimum Gasteiger partial charge on any atom is -0.343 e. The maximum Gasteiger partial charge on any atom is 0.250 e. The molecule has 2 rings (SSSR count). The largest absolute Gasteiger partial charge is 0.343 e. The molecule has 1 saturated heterocycles. The number of piperazine rings is 1. The third-order valence-electron chi connectivity index (χ3n) is 2.91. The van der Waals surface area contributed by atoms with E-state index in [1.165, 1.54) is 4.90 Å². The van der Waals surface area contributed by atoms with E-state index in [1.54, 1.807) is 13.8 Å². The molecule has 0 spiro atoms. The summed E-state index contributed by atoms with van der Waals surface area (Å²) in [7, 11) is 0. The molecule has 1 fully saturated rings. The molecular weight excluding hydrogens is 364 g/mol. The maximum absolute atomic E-state index is 12.3. The van der Waals surface area contributed by atoms with E-state index in [1.807, 2.05) is 18.2 Å². The van der Waals surface area contributed by atoms with Crippen LogP contribution in [0.2, 0.25) is 0 Å². The lowest BCUT2D eigenvalue weighted by Gasteiger charge is -2.37. The Hall–Kier alpha value is -0.880. The number of carbonyl (C=O) groups excluding carboxylic acids is 2. The second-order valence-corrected chi connectivity index (χ2v) is 5.89. The third kappa shape index (κ3) is 2.19. The first-order valence-electron chi connectivity index (χ1n) is 5.51. The average molecular weight is 376 g/mol. The predicted octanol–water partition coefficient (Wildman–Crippen LogP) is 2.45. The van der Waals surface area contributed by atoms with Crippen LogP contribution in [0.1, 0.15) is 13.8 Å². The van der Waals surface area contributed by atoms with Crippen LogP contribution in [0, 0.1) is 0 Å². The normalized spacial score (nSPS) is 24.1. The molecule has 2 atom stereocenters. The van der Waals surface area contributed by atoms with Gasteiger partial charge < -0.3 is 5.32 Å². The second kappa shape index (κ2) is 5.01. The van der Waals surface area contributed by atoms with Gasteiger partial charge in [0.05, 0.1) is 5.69 Å². The summed E-state index contributed by atoms with van der Waals surface area (Å²) in [4.78, 5) is 25.6. The van der Waals surface area contributed by atoms with Gasteiger partial charge in [0.25, 0.3) is 0 Å². The van der Waals surface area contributed by atoms with Crippen LogP contribution in [0.15, 0.2) is 27.1 Å². The Kier molecular flexibility index (Phi) is 3.77. The SMILES string of the molecule is CC1NC(=O)C(C)N(c2c(Br)cccc2Br)C1=O. The summed E-state index contributed by atoms with van der Waals surface area (Å²) in [5.41, 5.74) is 0.691. The van der Waals surface area contributed by atoms with Crippen LogP contribution in [0.25, 0.3) is 0 Å². The Bertz CT molecular complexity index is 499. The van der Waals surface area contributed by atoms with Crippen molar-refractivity contribution >= 4 is 49.4 Å². The zero-order valence-electron chi connectivity index (χ0n) is 9.91. The summed E-state index contributed by atoms with van der Waals surface area (Å²) in [6.45, 7) is 3.40. The molecule has 1 aromatic carbocycles. The van der Waals surface area contributed by atoms with Crippen molar-refractivity contribution in [2.45, 2.75) is 25.9 Å². The smallest absolute Gasteiger partial charge is 0.250 e. The molecule has 0 aliphatic carbocycles. The number of hydrogen-bond acceptors (Lipinski definition) is 2. The topological polar surface area (TPSA) is 49.4 Å². The van der Waals surface area contributed by atoms with Crippen molar-refractivity contribution in [2.24, 2.45) is 0 Å². The van der Waals surface area contributed by atoms with Gasteiger partial charge in [-0.2, -0.15) is 0 Å². The van der Waals surface area contributed by atoms with Gasteiger partial charge in [0.2, 0.25) is 11.8 Å². The molecule has 1 heterocycles. The fourth-order valence-corrected chi connectivity index (χ4v) is 3.32. The highest BCUT2D eigenvalue weighted by molar-refractivity contribution is 9.11. The quantitative estimate of drug-likeness (QED) is 0.819. The lowest BCUT2D eigenvalue weighted by Crippen LogP contribution is -2.61. The van der Waals surface area contributed by atoms with Gasteiger partial charge in [0.15, 0.2) is 0 Å². The first-order valence-corrected chi connectivity index (χ1v) is 7.09. The first-order chi connectivity index (χ1) is 8.43.